The first-order valence-electron chi connectivity index (χ1n) is 5.65. The second-order valence-electron chi connectivity index (χ2n) is 4.09. The molecule has 0 saturated heterocycles. The zero-order chi connectivity index (χ0) is 12.5. The lowest BCUT2D eigenvalue weighted by molar-refractivity contribution is 0.646. The van der Waals surface area contributed by atoms with E-state index in [0.29, 0.717) is 13.1 Å². The molecule has 2 heterocycles. The van der Waals surface area contributed by atoms with Gasteiger partial charge in [-0.3, -0.25) is 4.68 Å². The molecule has 0 saturated carbocycles. The summed E-state index contributed by atoms with van der Waals surface area (Å²) in [7, 11) is 0. The van der Waals surface area contributed by atoms with Crippen LogP contribution in [-0.4, -0.2) is 16.3 Å². The number of hydrogen-bond acceptors (Lipinski definition) is 3. The average molecular weight is 257 g/mol. The van der Waals surface area contributed by atoms with E-state index >= 15 is 0 Å². The molecule has 5 nitrogen and oxygen atoms in total. The Morgan fingerprint density at radius 3 is 3.22 bits per heavy atom. The van der Waals surface area contributed by atoms with Gasteiger partial charge in [0.05, 0.1) is 11.7 Å². The summed E-state index contributed by atoms with van der Waals surface area (Å²) < 4.78 is 3.18. The fraction of sp³-hybridized carbons (Fsp3) is 0.250. The third kappa shape index (κ3) is 1.72. The van der Waals surface area contributed by atoms with Gasteiger partial charge in [-0.1, -0.05) is 5.11 Å². The first-order chi connectivity index (χ1) is 8.79. The van der Waals surface area contributed by atoms with Gasteiger partial charge in [0, 0.05) is 38.4 Å². The highest BCUT2D eigenvalue weighted by molar-refractivity contribution is 7.19. The predicted octanol–water partition coefficient (Wildman–Crippen LogP) is 3.87. The summed E-state index contributed by atoms with van der Waals surface area (Å²) in [6, 6.07) is 6.41. The van der Waals surface area contributed by atoms with Crippen LogP contribution in [-0.2, 0) is 6.54 Å². The molecular formula is C12H11N5S. The molecule has 0 unspecified atom stereocenters. The second kappa shape index (κ2) is 4.33. The van der Waals surface area contributed by atoms with Crippen molar-refractivity contribution < 1.29 is 0 Å². The molecule has 6 heteroatoms. The number of nitrogens with zero attached hydrogens (tertiary/aromatic N) is 5. The summed E-state index contributed by atoms with van der Waals surface area (Å²) in [5, 5.41) is 10.3. The van der Waals surface area contributed by atoms with Gasteiger partial charge >= 0.3 is 0 Å². The van der Waals surface area contributed by atoms with Crippen molar-refractivity contribution in [1.82, 2.24) is 9.78 Å². The number of aryl methyl sites for hydroxylation is 1. The van der Waals surface area contributed by atoms with Crippen LogP contribution < -0.4 is 0 Å². The molecule has 0 aliphatic rings. The molecule has 0 spiro atoms. The van der Waals surface area contributed by atoms with Crippen molar-refractivity contribution in [2.45, 2.75) is 13.5 Å². The number of azide groups is 1. The average Bonchev–Trinajstić information content (AvgIpc) is 2.91. The number of thiophene rings is 1. The molecule has 0 atom stereocenters. The van der Waals surface area contributed by atoms with Crippen LogP contribution in [0.5, 0.6) is 0 Å². The maximum Gasteiger partial charge on any atom is 0.0769 e. The number of hydrogen-bond donors (Lipinski definition) is 0. The fourth-order valence-electron chi connectivity index (χ4n) is 2.18. The van der Waals surface area contributed by atoms with E-state index in [2.05, 4.69) is 40.2 Å². The monoisotopic (exact) mass is 257 g/mol. The van der Waals surface area contributed by atoms with E-state index in [1.54, 1.807) is 11.3 Å². The number of benzene rings is 1. The highest BCUT2D eigenvalue weighted by Gasteiger charge is 2.08. The Hall–Kier alpha value is -2.04. The molecule has 90 valence electrons. The quantitative estimate of drug-likeness (QED) is 0.399. The lowest BCUT2D eigenvalue weighted by Crippen LogP contribution is -2.02. The van der Waals surface area contributed by atoms with E-state index in [9.17, 15) is 0 Å². The molecular weight excluding hydrogens is 246 g/mol. The third-order valence-corrected chi connectivity index (χ3v) is 3.91. The van der Waals surface area contributed by atoms with Crippen LogP contribution in [0.4, 0.5) is 0 Å². The van der Waals surface area contributed by atoms with Crippen molar-refractivity contribution >= 4 is 32.3 Å². The molecule has 0 aliphatic heterocycles. The molecule has 3 rings (SSSR count). The van der Waals surface area contributed by atoms with Gasteiger partial charge < -0.3 is 0 Å². The normalized spacial score (nSPS) is 10.9. The molecule has 0 amide bonds. The van der Waals surface area contributed by atoms with Gasteiger partial charge in [-0.2, -0.15) is 5.10 Å². The standard InChI is InChI=1S/C12H11N5S/c1-8-6-10-11(18-8)3-2-9-7-15-17(12(9)10)5-4-14-16-13/h2-3,6-7H,4-5H2,1H3. The van der Waals surface area contributed by atoms with E-state index in [1.807, 2.05) is 10.9 Å². The zero-order valence-electron chi connectivity index (χ0n) is 9.87. The van der Waals surface area contributed by atoms with Crippen LogP contribution in [0.1, 0.15) is 4.88 Å². The van der Waals surface area contributed by atoms with Crippen molar-refractivity contribution in [2.24, 2.45) is 5.11 Å². The summed E-state index contributed by atoms with van der Waals surface area (Å²) >= 11 is 1.78. The van der Waals surface area contributed by atoms with Gasteiger partial charge in [-0.15, -0.1) is 11.3 Å². The van der Waals surface area contributed by atoms with Gasteiger partial charge in [0.2, 0.25) is 0 Å². The van der Waals surface area contributed by atoms with E-state index in [4.69, 9.17) is 5.53 Å². The Bertz CT molecular complexity index is 763. The number of aromatic nitrogens is 2. The SMILES string of the molecule is Cc1cc2c(ccc3cnn(CCN=[N+]=[N-])c32)s1. The van der Waals surface area contributed by atoms with E-state index < -0.39 is 0 Å². The second-order valence-corrected chi connectivity index (χ2v) is 5.38. The van der Waals surface area contributed by atoms with Crippen molar-refractivity contribution in [2.75, 3.05) is 6.54 Å². The van der Waals surface area contributed by atoms with Gasteiger partial charge in [0.15, 0.2) is 0 Å². The summed E-state index contributed by atoms with van der Waals surface area (Å²) in [4.78, 5) is 4.06. The van der Waals surface area contributed by atoms with E-state index in [1.165, 1.54) is 15.0 Å². The molecule has 1 aromatic carbocycles. The molecule has 18 heavy (non-hydrogen) atoms. The molecule has 3 aromatic rings. The lowest BCUT2D eigenvalue weighted by Gasteiger charge is -2.01. The van der Waals surface area contributed by atoms with Crippen LogP contribution >= 0.6 is 11.3 Å². The van der Waals surface area contributed by atoms with Crippen molar-refractivity contribution in [3.8, 4) is 0 Å². The smallest absolute Gasteiger partial charge is 0.0769 e. The third-order valence-electron chi connectivity index (χ3n) is 2.90. The minimum absolute atomic E-state index is 0.423. The maximum absolute atomic E-state index is 8.31. The summed E-state index contributed by atoms with van der Waals surface area (Å²) in [5.41, 5.74) is 9.44. The first kappa shape index (κ1) is 11.1. The Morgan fingerprint density at radius 1 is 1.50 bits per heavy atom. The molecule has 0 aliphatic carbocycles. The van der Waals surface area contributed by atoms with Gasteiger partial charge in [-0.25, -0.2) is 0 Å². The number of rotatable bonds is 3. The highest BCUT2D eigenvalue weighted by atomic mass is 32.1. The Balaban J connectivity index is 2.19. The minimum atomic E-state index is 0.423. The topological polar surface area (TPSA) is 66.6 Å². The minimum Gasteiger partial charge on any atom is -0.264 e. The van der Waals surface area contributed by atoms with Gasteiger partial charge in [0.1, 0.15) is 0 Å². The number of fused-ring (bicyclic) bond motifs is 3. The summed E-state index contributed by atoms with van der Waals surface area (Å²) in [6.45, 7) is 3.14. The Labute approximate surface area is 107 Å². The molecule has 0 radical (unpaired) electrons. The fourth-order valence-corrected chi connectivity index (χ4v) is 3.10. The van der Waals surface area contributed by atoms with Crippen molar-refractivity contribution in [1.29, 1.82) is 0 Å². The highest BCUT2D eigenvalue weighted by Crippen LogP contribution is 2.31. The Kier molecular flexibility index (Phi) is 2.66. The van der Waals surface area contributed by atoms with Crippen LogP contribution in [0.3, 0.4) is 0 Å². The van der Waals surface area contributed by atoms with Crippen LogP contribution in [0.2, 0.25) is 0 Å². The molecule has 0 bridgehead atoms. The molecule has 0 N–H and O–H groups in total. The van der Waals surface area contributed by atoms with Gasteiger partial charge in [-0.05, 0) is 30.7 Å². The van der Waals surface area contributed by atoms with Crippen molar-refractivity contribution in [3.63, 3.8) is 0 Å². The molecule has 2 aromatic heterocycles. The lowest BCUT2D eigenvalue weighted by atomic mass is 10.2. The van der Waals surface area contributed by atoms with Crippen molar-refractivity contribution in [3.05, 3.63) is 39.7 Å². The maximum atomic E-state index is 8.31. The summed E-state index contributed by atoms with van der Waals surface area (Å²) in [6.07, 6.45) is 1.86. The van der Waals surface area contributed by atoms with Crippen LogP contribution in [0, 0.1) is 6.92 Å². The summed E-state index contributed by atoms with van der Waals surface area (Å²) in [5.74, 6) is 0. The first-order valence-corrected chi connectivity index (χ1v) is 6.47. The van der Waals surface area contributed by atoms with Gasteiger partial charge in [0.25, 0.3) is 0 Å². The Morgan fingerprint density at radius 2 is 2.39 bits per heavy atom. The van der Waals surface area contributed by atoms with Crippen LogP contribution in [0.15, 0.2) is 29.5 Å². The largest absolute Gasteiger partial charge is 0.264 e. The van der Waals surface area contributed by atoms with Crippen LogP contribution in [0.25, 0.3) is 31.4 Å². The zero-order valence-corrected chi connectivity index (χ0v) is 10.7. The van der Waals surface area contributed by atoms with E-state index in [-0.39, 0.29) is 0 Å². The van der Waals surface area contributed by atoms with E-state index in [0.717, 1.165) is 10.9 Å². The predicted molar refractivity (Wildman–Crippen MR) is 73.9 cm³/mol. The molecule has 0 fully saturated rings.